The van der Waals surface area contributed by atoms with E-state index in [-0.39, 0.29) is 6.61 Å². The van der Waals surface area contributed by atoms with Gasteiger partial charge in [0.15, 0.2) is 0 Å². The molecule has 0 radical (unpaired) electrons. The number of hydrogen-bond acceptors (Lipinski definition) is 2. The zero-order valence-electron chi connectivity index (χ0n) is 10.6. The highest BCUT2D eigenvalue weighted by Gasteiger charge is 2.07. The first-order chi connectivity index (χ1) is 8.26. The van der Waals surface area contributed by atoms with Crippen LogP contribution in [0.4, 0.5) is 0 Å². The van der Waals surface area contributed by atoms with E-state index >= 15 is 0 Å². The van der Waals surface area contributed by atoms with Crippen molar-refractivity contribution in [3.8, 4) is 0 Å². The van der Waals surface area contributed by atoms with Gasteiger partial charge in [-0.3, -0.25) is 0 Å². The summed E-state index contributed by atoms with van der Waals surface area (Å²) in [5, 5.41) is 8.84. The van der Waals surface area contributed by atoms with Gasteiger partial charge in [-0.05, 0) is 37.0 Å². The zero-order valence-corrected chi connectivity index (χ0v) is 10.6. The lowest BCUT2D eigenvalue weighted by Crippen LogP contribution is -1.96. The van der Waals surface area contributed by atoms with Crippen LogP contribution in [0.15, 0.2) is 18.2 Å². The summed E-state index contributed by atoms with van der Waals surface area (Å²) in [6.07, 6.45) is 3.89. The molecule has 0 bridgehead atoms. The molecule has 0 atom stereocenters. The number of rotatable bonds is 5. The Balaban J connectivity index is 2.34. The first kappa shape index (κ1) is 12.1. The lowest BCUT2D eigenvalue weighted by atomic mass is 10.1. The summed E-state index contributed by atoms with van der Waals surface area (Å²) in [4.78, 5) is 4.67. The second kappa shape index (κ2) is 5.32. The number of aromatic nitrogens is 2. The second-order valence-electron chi connectivity index (χ2n) is 4.49. The predicted molar refractivity (Wildman–Crippen MR) is 70.1 cm³/mol. The van der Waals surface area contributed by atoms with Crippen LogP contribution in [0.25, 0.3) is 11.0 Å². The fourth-order valence-corrected chi connectivity index (χ4v) is 2.18. The van der Waals surface area contributed by atoms with Crippen molar-refractivity contribution in [3.63, 3.8) is 0 Å². The third-order valence-electron chi connectivity index (χ3n) is 3.14. The van der Waals surface area contributed by atoms with Gasteiger partial charge in [0.25, 0.3) is 0 Å². The van der Waals surface area contributed by atoms with Crippen molar-refractivity contribution in [3.05, 3.63) is 29.6 Å². The van der Waals surface area contributed by atoms with Gasteiger partial charge in [-0.1, -0.05) is 13.0 Å². The smallest absolute Gasteiger partial charge is 0.109 e. The van der Waals surface area contributed by atoms with Crippen LogP contribution in [-0.4, -0.2) is 21.3 Å². The molecule has 0 aliphatic rings. The SMILES string of the molecule is CCCc1nc2cc(CCCO)ccc2n1C. The quantitative estimate of drug-likeness (QED) is 0.860. The topological polar surface area (TPSA) is 38.1 Å². The van der Waals surface area contributed by atoms with E-state index in [0.29, 0.717) is 0 Å². The summed E-state index contributed by atoms with van der Waals surface area (Å²) in [5.41, 5.74) is 3.53. The Morgan fingerprint density at radius 1 is 1.29 bits per heavy atom. The number of imidazole rings is 1. The van der Waals surface area contributed by atoms with E-state index in [4.69, 9.17) is 5.11 Å². The van der Waals surface area contributed by atoms with Crippen LogP contribution < -0.4 is 0 Å². The van der Waals surface area contributed by atoms with Crippen molar-refractivity contribution in [2.24, 2.45) is 7.05 Å². The van der Waals surface area contributed by atoms with Gasteiger partial charge in [-0.25, -0.2) is 4.98 Å². The van der Waals surface area contributed by atoms with Gasteiger partial charge in [0.05, 0.1) is 11.0 Å². The maximum atomic E-state index is 8.84. The molecule has 0 amide bonds. The molecule has 0 saturated heterocycles. The van der Waals surface area contributed by atoms with Crippen molar-refractivity contribution < 1.29 is 5.11 Å². The molecule has 92 valence electrons. The molecule has 1 aromatic heterocycles. The van der Waals surface area contributed by atoms with Crippen LogP contribution >= 0.6 is 0 Å². The number of aliphatic hydroxyl groups is 1. The van der Waals surface area contributed by atoms with Crippen LogP contribution in [0.2, 0.25) is 0 Å². The van der Waals surface area contributed by atoms with Crippen LogP contribution in [-0.2, 0) is 19.9 Å². The van der Waals surface area contributed by atoms with Crippen LogP contribution in [0, 0.1) is 0 Å². The fraction of sp³-hybridized carbons (Fsp3) is 0.500. The average molecular weight is 232 g/mol. The van der Waals surface area contributed by atoms with Gasteiger partial charge < -0.3 is 9.67 Å². The van der Waals surface area contributed by atoms with E-state index in [1.807, 2.05) is 0 Å². The maximum Gasteiger partial charge on any atom is 0.109 e. The second-order valence-corrected chi connectivity index (χ2v) is 4.49. The minimum atomic E-state index is 0.251. The van der Waals surface area contributed by atoms with E-state index in [2.05, 4.69) is 41.7 Å². The lowest BCUT2D eigenvalue weighted by molar-refractivity contribution is 0.288. The molecule has 3 nitrogen and oxygen atoms in total. The Morgan fingerprint density at radius 2 is 2.12 bits per heavy atom. The molecule has 3 heteroatoms. The molecule has 17 heavy (non-hydrogen) atoms. The van der Waals surface area contributed by atoms with E-state index < -0.39 is 0 Å². The first-order valence-corrected chi connectivity index (χ1v) is 6.31. The van der Waals surface area contributed by atoms with Crippen molar-refractivity contribution in [1.29, 1.82) is 0 Å². The molecule has 2 rings (SSSR count). The summed E-state index contributed by atoms with van der Waals surface area (Å²) in [7, 11) is 2.08. The fourth-order valence-electron chi connectivity index (χ4n) is 2.18. The summed E-state index contributed by atoms with van der Waals surface area (Å²) in [6, 6.07) is 6.41. The van der Waals surface area contributed by atoms with E-state index in [1.165, 1.54) is 11.1 Å². The standard InChI is InChI=1S/C14H20N2O/c1-3-5-14-15-12-10-11(6-4-9-17)7-8-13(12)16(14)2/h7-8,10,17H,3-6,9H2,1-2H3. The molecular formula is C14H20N2O. The highest BCUT2D eigenvalue weighted by atomic mass is 16.2. The van der Waals surface area contributed by atoms with Crippen molar-refractivity contribution >= 4 is 11.0 Å². The molecular weight excluding hydrogens is 212 g/mol. The highest BCUT2D eigenvalue weighted by molar-refractivity contribution is 5.76. The van der Waals surface area contributed by atoms with Crippen LogP contribution in [0.3, 0.4) is 0 Å². The Hall–Kier alpha value is -1.35. The number of hydrogen-bond donors (Lipinski definition) is 1. The molecule has 0 fully saturated rings. The molecule has 1 heterocycles. The van der Waals surface area contributed by atoms with Gasteiger partial charge in [0.1, 0.15) is 5.82 Å². The number of fused-ring (bicyclic) bond motifs is 1. The molecule has 0 saturated carbocycles. The van der Waals surface area contributed by atoms with Crippen molar-refractivity contribution in [2.75, 3.05) is 6.61 Å². The highest BCUT2D eigenvalue weighted by Crippen LogP contribution is 2.18. The largest absolute Gasteiger partial charge is 0.396 e. The lowest BCUT2D eigenvalue weighted by Gasteiger charge is -2.01. The normalized spacial score (nSPS) is 11.2. The summed E-state index contributed by atoms with van der Waals surface area (Å²) in [6.45, 7) is 2.42. The molecule has 0 spiro atoms. The summed E-state index contributed by atoms with van der Waals surface area (Å²) >= 11 is 0. The van der Waals surface area contributed by atoms with Gasteiger partial charge in [-0.2, -0.15) is 0 Å². The first-order valence-electron chi connectivity index (χ1n) is 6.31. The summed E-state index contributed by atoms with van der Waals surface area (Å²) in [5.74, 6) is 1.15. The molecule has 2 aromatic rings. The van der Waals surface area contributed by atoms with E-state index in [9.17, 15) is 0 Å². The van der Waals surface area contributed by atoms with Gasteiger partial charge in [-0.15, -0.1) is 0 Å². The minimum Gasteiger partial charge on any atom is -0.396 e. The van der Waals surface area contributed by atoms with E-state index in [1.54, 1.807) is 0 Å². The average Bonchev–Trinajstić information content (AvgIpc) is 2.64. The minimum absolute atomic E-state index is 0.251. The molecule has 0 unspecified atom stereocenters. The van der Waals surface area contributed by atoms with E-state index in [0.717, 1.165) is 37.0 Å². The molecule has 0 aliphatic heterocycles. The molecule has 1 N–H and O–H groups in total. The third-order valence-corrected chi connectivity index (χ3v) is 3.14. The maximum absolute atomic E-state index is 8.84. The van der Waals surface area contributed by atoms with Gasteiger partial charge >= 0.3 is 0 Å². The van der Waals surface area contributed by atoms with Crippen LogP contribution in [0.5, 0.6) is 0 Å². The Morgan fingerprint density at radius 3 is 2.82 bits per heavy atom. The molecule has 1 aromatic carbocycles. The number of nitrogens with zero attached hydrogens (tertiary/aromatic N) is 2. The van der Waals surface area contributed by atoms with Crippen molar-refractivity contribution in [1.82, 2.24) is 9.55 Å². The monoisotopic (exact) mass is 232 g/mol. The Kier molecular flexibility index (Phi) is 3.79. The molecule has 0 aliphatic carbocycles. The zero-order chi connectivity index (χ0) is 12.3. The van der Waals surface area contributed by atoms with Gasteiger partial charge in [0.2, 0.25) is 0 Å². The number of benzene rings is 1. The van der Waals surface area contributed by atoms with Crippen molar-refractivity contribution in [2.45, 2.75) is 32.6 Å². The number of aryl methyl sites for hydroxylation is 3. The van der Waals surface area contributed by atoms with Gasteiger partial charge in [0, 0.05) is 20.1 Å². The predicted octanol–water partition coefficient (Wildman–Crippen LogP) is 2.45. The third kappa shape index (κ3) is 2.50. The van der Waals surface area contributed by atoms with Crippen LogP contribution in [0.1, 0.15) is 31.2 Å². The Bertz CT molecular complexity index is 502. The Labute approximate surface area is 102 Å². The summed E-state index contributed by atoms with van der Waals surface area (Å²) < 4.78 is 2.18. The number of aliphatic hydroxyl groups excluding tert-OH is 1.